The van der Waals surface area contributed by atoms with Gasteiger partial charge >= 0.3 is 23.5 Å². The lowest BCUT2D eigenvalue weighted by molar-refractivity contribution is -0.446. The van der Waals surface area contributed by atoms with Crippen molar-refractivity contribution in [1.29, 1.82) is 0 Å². The van der Waals surface area contributed by atoms with Crippen LogP contribution in [0.2, 0.25) is 0 Å². The fourth-order valence-corrected chi connectivity index (χ4v) is 6.04. The van der Waals surface area contributed by atoms with Crippen LogP contribution in [0.5, 0.6) is 0 Å². The zero-order chi connectivity index (χ0) is 26.6. The van der Waals surface area contributed by atoms with Gasteiger partial charge in [0, 0.05) is 0 Å². The number of ether oxygens (including phenoxy) is 1. The molecule has 2 aromatic rings. The summed E-state index contributed by atoms with van der Waals surface area (Å²) in [6, 6.07) is 0. The molecule has 194 valence electrons. The average molecular weight is 567 g/mol. The van der Waals surface area contributed by atoms with Crippen LogP contribution in [-0.2, 0) is 37.3 Å². The molecule has 2 unspecified atom stereocenters. The number of halogens is 2. The molecule has 2 aromatic heterocycles. The van der Waals surface area contributed by atoms with E-state index in [1.165, 1.54) is 0 Å². The lowest BCUT2D eigenvalue weighted by Gasteiger charge is -2.55. The number of anilines is 1. The Balaban J connectivity index is 1.88. The van der Waals surface area contributed by atoms with Crippen molar-refractivity contribution >= 4 is 40.6 Å². The summed E-state index contributed by atoms with van der Waals surface area (Å²) in [6.45, 7) is -1.79. The van der Waals surface area contributed by atoms with Gasteiger partial charge in [-0.15, -0.1) is 6.42 Å². The van der Waals surface area contributed by atoms with E-state index in [2.05, 4.69) is 28.1 Å². The van der Waals surface area contributed by atoms with E-state index in [0.717, 1.165) is 0 Å². The molecule has 0 amide bonds. The van der Waals surface area contributed by atoms with Crippen molar-refractivity contribution in [3.05, 3.63) is 16.7 Å². The Morgan fingerprint density at radius 3 is 2.49 bits per heavy atom. The lowest BCUT2D eigenvalue weighted by Crippen LogP contribution is -2.75. The molecule has 0 spiro atoms. The summed E-state index contributed by atoms with van der Waals surface area (Å²) >= 11 is 0. The van der Waals surface area contributed by atoms with Gasteiger partial charge in [0.2, 0.25) is 17.8 Å². The molecule has 8 N–H and O–H groups in total. The van der Waals surface area contributed by atoms with Crippen LogP contribution in [-0.4, -0.2) is 68.9 Å². The number of nitrogen functional groups attached to an aromatic ring is 1. The normalized spacial score (nSPS) is 29.0. The van der Waals surface area contributed by atoms with Gasteiger partial charge in [0.25, 0.3) is 11.4 Å². The van der Waals surface area contributed by atoms with Gasteiger partial charge in [0.1, 0.15) is 6.61 Å². The number of H-pyrrole nitrogens is 1. The number of aliphatic hydroxyl groups is 1. The largest absolute Gasteiger partial charge is 0.490 e. The Kier molecular flexibility index (Phi) is 6.90. The molecule has 18 nitrogen and oxygen atoms in total. The SMILES string of the molecule is C#C[C@H](F)[C@@]1(n2cnc3c(=O)[nH]c(N)nc32)O[C@](F)(COP(=O)(O)OP(=O)(O)OP(=O)(O)O)[C@H]1O. The number of hydrogen-bond donors (Lipinski definition) is 7. The predicted molar refractivity (Wildman–Crippen MR) is 105 cm³/mol. The third-order valence-electron chi connectivity index (χ3n) is 4.29. The Bertz CT molecular complexity index is 1400. The highest BCUT2D eigenvalue weighted by Crippen LogP contribution is 2.66. The van der Waals surface area contributed by atoms with Crippen LogP contribution < -0.4 is 11.3 Å². The van der Waals surface area contributed by atoms with E-state index in [1.54, 1.807) is 5.92 Å². The van der Waals surface area contributed by atoms with Crippen LogP contribution in [0.3, 0.4) is 0 Å². The van der Waals surface area contributed by atoms with Gasteiger partial charge in [-0.2, -0.15) is 13.6 Å². The lowest BCUT2D eigenvalue weighted by atomic mass is 9.87. The van der Waals surface area contributed by atoms with Gasteiger partial charge in [0.05, 0.1) is 6.33 Å². The first kappa shape index (κ1) is 27.5. The summed E-state index contributed by atoms with van der Waals surface area (Å²) in [5.74, 6) is -2.49. The van der Waals surface area contributed by atoms with Crippen molar-refractivity contribution in [1.82, 2.24) is 19.5 Å². The number of aliphatic hydroxyl groups excluding tert-OH is 1. The molecule has 1 saturated heterocycles. The molecule has 6 atom stereocenters. The molecule has 1 fully saturated rings. The second kappa shape index (κ2) is 8.78. The second-order valence-corrected chi connectivity index (χ2v) is 11.1. The number of phosphoric acid groups is 3. The third kappa shape index (κ3) is 5.22. The number of alkyl halides is 2. The highest BCUT2D eigenvalue weighted by Gasteiger charge is 2.72. The number of fused-ring (bicyclic) bond motifs is 1. The minimum atomic E-state index is -5.92. The molecular weight excluding hydrogens is 553 g/mol. The highest BCUT2D eigenvalue weighted by atomic mass is 31.3. The van der Waals surface area contributed by atoms with E-state index >= 15 is 4.39 Å². The molecule has 23 heteroatoms. The number of imidazole rings is 1. The third-order valence-corrected chi connectivity index (χ3v) is 8.07. The zero-order valence-corrected chi connectivity index (χ0v) is 19.2. The number of phosphoric ester groups is 1. The fraction of sp³-hybridized carbons (Fsp3) is 0.417. The van der Waals surface area contributed by atoms with Crippen molar-refractivity contribution in [3.63, 3.8) is 0 Å². The Labute approximate surface area is 191 Å². The van der Waals surface area contributed by atoms with Gasteiger partial charge in [-0.05, 0) is 0 Å². The molecule has 3 rings (SSSR count). The summed E-state index contributed by atoms with van der Waals surface area (Å²) in [7, 11) is -17.4. The van der Waals surface area contributed by atoms with Gasteiger partial charge in [0.15, 0.2) is 17.3 Å². The Morgan fingerprint density at radius 1 is 1.31 bits per heavy atom. The van der Waals surface area contributed by atoms with Gasteiger partial charge in [-0.3, -0.25) is 18.9 Å². The molecule has 0 saturated carbocycles. The van der Waals surface area contributed by atoms with E-state index in [-0.39, 0.29) is 0 Å². The molecule has 0 aromatic carbocycles. The fourth-order valence-electron chi connectivity index (χ4n) is 3.01. The second-order valence-electron chi connectivity index (χ2n) is 6.67. The summed E-state index contributed by atoms with van der Waals surface area (Å²) in [5, 5.41) is 10.5. The molecule has 0 radical (unpaired) electrons. The van der Waals surface area contributed by atoms with Crippen molar-refractivity contribution in [3.8, 4) is 12.3 Å². The summed E-state index contributed by atoms with van der Waals surface area (Å²) < 4.78 is 80.0. The van der Waals surface area contributed by atoms with Gasteiger partial charge in [-0.1, -0.05) is 5.92 Å². The Morgan fingerprint density at radius 2 is 1.94 bits per heavy atom. The van der Waals surface area contributed by atoms with E-state index in [9.17, 15) is 32.9 Å². The maximum Gasteiger partial charge on any atom is 0.490 e. The predicted octanol–water partition coefficient (Wildman–Crippen LogP) is -1.27. The summed E-state index contributed by atoms with van der Waals surface area (Å²) in [6.07, 6.45) is 0.411. The van der Waals surface area contributed by atoms with Crippen molar-refractivity contribution in [2.24, 2.45) is 0 Å². The monoisotopic (exact) mass is 567 g/mol. The Hall–Kier alpha value is -2.10. The molecular formula is C12H14F2N5O13P3. The first-order chi connectivity index (χ1) is 15.9. The number of rotatable bonds is 9. The number of nitrogens with one attached hydrogen (secondary N) is 1. The smallest absolute Gasteiger partial charge is 0.382 e. The average Bonchev–Trinajstić information content (AvgIpc) is 3.11. The van der Waals surface area contributed by atoms with E-state index in [0.29, 0.717) is 10.9 Å². The number of terminal acetylenes is 1. The van der Waals surface area contributed by atoms with Crippen LogP contribution >= 0.6 is 23.5 Å². The minimum absolute atomic E-state index is 0.441. The standard InChI is InChI=1S/C12H14F2N5O13P3/c1-2-5(13)12(19-4-16-6-7(19)17-10(15)18-8(6)20)9(21)11(14,30-12)3-29-34(25,26)32-35(27,28)31-33(22,23)24/h1,4-5,9,21H,3H2,(H,25,26)(H,27,28)(H2,22,23,24)(H3,15,17,18,20)/t5-,9+,11+,12+/m0/s1. The van der Waals surface area contributed by atoms with Crippen molar-refractivity contribution in [2.45, 2.75) is 23.9 Å². The van der Waals surface area contributed by atoms with Crippen LogP contribution in [0.15, 0.2) is 11.1 Å². The van der Waals surface area contributed by atoms with Crippen molar-refractivity contribution < 1.29 is 65.0 Å². The highest BCUT2D eigenvalue weighted by molar-refractivity contribution is 7.66. The number of aromatic amines is 1. The quantitative estimate of drug-likeness (QED) is 0.137. The van der Waals surface area contributed by atoms with Crippen LogP contribution in [0.25, 0.3) is 11.2 Å². The molecule has 35 heavy (non-hydrogen) atoms. The van der Waals surface area contributed by atoms with Gasteiger partial charge < -0.3 is 35.2 Å². The van der Waals surface area contributed by atoms with Crippen LogP contribution in [0.4, 0.5) is 14.7 Å². The summed E-state index contributed by atoms with van der Waals surface area (Å²) in [5.41, 5.74) is 0.725. The molecule has 0 aliphatic carbocycles. The van der Waals surface area contributed by atoms with E-state index < -0.39 is 76.6 Å². The zero-order valence-electron chi connectivity index (χ0n) is 16.5. The topological polar surface area (TPSA) is 279 Å². The summed E-state index contributed by atoms with van der Waals surface area (Å²) in [4.78, 5) is 56.9. The first-order valence-electron chi connectivity index (χ1n) is 8.55. The molecule has 0 bridgehead atoms. The van der Waals surface area contributed by atoms with Gasteiger partial charge in [-0.25, -0.2) is 27.5 Å². The number of nitrogens with zero attached hydrogens (tertiary/aromatic N) is 3. The molecule has 1 aliphatic rings. The minimum Gasteiger partial charge on any atom is -0.382 e. The maximum absolute atomic E-state index is 15.1. The van der Waals surface area contributed by atoms with E-state index in [1.807, 2.05) is 0 Å². The maximum atomic E-state index is 15.1. The number of aromatic nitrogens is 4. The van der Waals surface area contributed by atoms with E-state index in [4.69, 9.17) is 31.6 Å². The van der Waals surface area contributed by atoms with Crippen LogP contribution in [0.1, 0.15) is 0 Å². The number of nitrogens with two attached hydrogens (primary N) is 1. The van der Waals surface area contributed by atoms with Crippen molar-refractivity contribution in [2.75, 3.05) is 12.3 Å². The van der Waals surface area contributed by atoms with Crippen LogP contribution in [0, 0.1) is 12.3 Å². The number of hydrogen-bond acceptors (Lipinski definition) is 12. The molecule has 1 aliphatic heterocycles. The first-order valence-corrected chi connectivity index (χ1v) is 13.1. The molecule has 3 heterocycles.